The Morgan fingerprint density at radius 1 is 0.972 bits per heavy atom. The topological polar surface area (TPSA) is 54.0 Å². The van der Waals surface area contributed by atoms with Crippen LogP contribution in [-0.2, 0) is 34.5 Å². The molecule has 4 rings (SSSR count). The summed E-state index contributed by atoms with van der Waals surface area (Å²) in [7, 11) is 1.32. The zero-order chi connectivity index (χ0) is 25.5. The van der Waals surface area contributed by atoms with Crippen LogP contribution in [0.15, 0.2) is 65.6 Å². The Morgan fingerprint density at radius 3 is 2.39 bits per heavy atom. The maximum absolute atomic E-state index is 12.7. The number of hydrogen-bond acceptors (Lipinski definition) is 6. The third-order valence-corrected chi connectivity index (χ3v) is 6.69. The van der Waals surface area contributed by atoms with Gasteiger partial charge in [-0.3, -0.25) is 0 Å². The number of carbonyl (C=O) groups excluding carboxylic acids is 1. The lowest BCUT2D eigenvalue weighted by Crippen LogP contribution is -2.15. The van der Waals surface area contributed by atoms with Crippen molar-refractivity contribution in [2.75, 3.05) is 20.3 Å². The number of fused-ring (bicyclic) bond motifs is 1. The highest BCUT2D eigenvalue weighted by Gasteiger charge is 2.29. The fourth-order valence-corrected chi connectivity index (χ4v) is 4.64. The maximum Gasteiger partial charge on any atom is 0.416 e. The van der Waals surface area contributed by atoms with Crippen LogP contribution < -0.4 is 14.2 Å². The van der Waals surface area contributed by atoms with Crippen LogP contribution in [0.25, 0.3) is 0 Å². The molecule has 0 saturated carbocycles. The third-order valence-electron chi connectivity index (χ3n) is 5.58. The van der Waals surface area contributed by atoms with Crippen molar-refractivity contribution in [1.29, 1.82) is 0 Å². The molecule has 1 heterocycles. The van der Waals surface area contributed by atoms with Gasteiger partial charge in [-0.25, -0.2) is 4.79 Å². The zero-order valence-corrected chi connectivity index (χ0v) is 20.4. The number of benzene rings is 3. The summed E-state index contributed by atoms with van der Waals surface area (Å²) in [4.78, 5) is 12.4. The Kier molecular flexibility index (Phi) is 8.30. The van der Waals surface area contributed by atoms with Gasteiger partial charge >= 0.3 is 12.1 Å². The lowest BCUT2D eigenvalue weighted by atomic mass is 10.1. The van der Waals surface area contributed by atoms with Crippen molar-refractivity contribution in [2.24, 2.45) is 0 Å². The summed E-state index contributed by atoms with van der Waals surface area (Å²) in [5.41, 5.74) is 2.02. The molecule has 0 amide bonds. The summed E-state index contributed by atoms with van der Waals surface area (Å²) in [5, 5.41) is 0. The van der Waals surface area contributed by atoms with Gasteiger partial charge in [0.05, 0.1) is 24.2 Å². The third kappa shape index (κ3) is 6.66. The van der Waals surface area contributed by atoms with Crippen LogP contribution in [0.4, 0.5) is 13.2 Å². The van der Waals surface area contributed by atoms with Gasteiger partial charge in [0.1, 0.15) is 23.9 Å². The van der Waals surface area contributed by atoms with E-state index in [9.17, 15) is 18.0 Å². The van der Waals surface area contributed by atoms with Crippen LogP contribution >= 0.6 is 11.8 Å². The Balaban J connectivity index is 1.34. The standard InChI is InChI=1S/C27H25F3O5S/c1-32-25(31)16-35-23-12-13-24(26-22(23)3-2-14-33-26)36-17-19-6-10-21(11-7-19)34-15-18-4-8-20(9-5-18)27(28,29)30/h4-13H,2-3,14-17H2,1H3. The predicted octanol–water partition coefficient (Wildman–Crippen LogP) is 6.45. The molecule has 3 aromatic carbocycles. The van der Waals surface area contributed by atoms with Gasteiger partial charge in [-0.1, -0.05) is 24.3 Å². The van der Waals surface area contributed by atoms with E-state index in [0.717, 1.165) is 46.7 Å². The van der Waals surface area contributed by atoms with E-state index >= 15 is 0 Å². The molecule has 0 N–H and O–H groups in total. The van der Waals surface area contributed by atoms with Crippen molar-refractivity contribution >= 4 is 17.7 Å². The van der Waals surface area contributed by atoms with Crippen LogP contribution in [0.1, 0.15) is 28.7 Å². The molecular weight excluding hydrogens is 493 g/mol. The molecule has 0 radical (unpaired) electrons. The summed E-state index contributed by atoms with van der Waals surface area (Å²) in [6, 6.07) is 16.3. The Morgan fingerprint density at radius 2 is 1.69 bits per heavy atom. The zero-order valence-electron chi connectivity index (χ0n) is 19.6. The number of esters is 1. The SMILES string of the molecule is COC(=O)COc1ccc(SCc2ccc(OCc3ccc(C(F)(F)F)cc3)cc2)c2c1CCCO2. The van der Waals surface area contributed by atoms with Gasteiger partial charge < -0.3 is 18.9 Å². The molecule has 1 aliphatic rings. The van der Waals surface area contributed by atoms with Gasteiger partial charge in [0, 0.05) is 11.3 Å². The number of rotatable bonds is 9. The monoisotopic (exact) mass is 518 g/mol. The first-order valence-electron chi connectivity index (χ1n) is 11.3. The van der Waals surface area contributed by atoms with E-state index in [0.29, 0.717) is 29.4 Å². The second kappa shape index (κ2) is 11.6. The predicted molar refractivity (Wildman–Crippen MR) is 130 cm³/mol. The molecule has 190 valence electrons. The first-order valence-corrected chi connectivity index (χ1v) is 12.3. The lowest BCUT2D eigenvalue weighted by molar-refractivity contribution is -0.143. The minimum atomic E-state index is -4.35. The Labute approximate surface area is 211 Å². The molecule has 3 aromatic rings. The second-order valence-corrected chi connectivity index (χ2v) is 9.12. The van der Waals surface area contributed by atoms with Gasteiger partial charge in [0.15, 0.2) is 6.61 Å². The highest BCUT2D eigenvalue weighted by Crippen LogP contribution is 2.42. The second-order valence-electron chi connectivity index (χ2n) is 8.10. The number of halogens is 3. The van der Waals surface area contributed by atoms with Gasteiger partial charge in [0.2, 0.25) is 0 Å². The maximum atomic E-state index is 12.7. The lowest BCUT2D eigenvalue weighted by Gasteiger charge is -2.23. The van der Waals surface area contributed by atoms with Gasteiger partial charge in [-0.2, -0.15) is 13.2 Å². The van der Waals surface area contributed by atoms with E-state index in [2.05, 4.69) is 4.74 Å². The summed E-state index contributed by atoms with van der Waals surface area (Å²) in [6.07, 6.45) is -2.66. The molecule has 0 aromatic heterocycles. The van der Waals surface area contributed by atoms with Crippen molar-refractivity contribution in [2.45, 2.75) is 36.3 Å². The van der Waals surface area contributed by atoms with Crippen molar-refractivity contribution < 1.29 is 36.9 Å². The fourth-order valence-electron chi connectivity index (χ4n) is 3.65. The highest BCUT2D eigenvalue weighted by atomic mass is 32.2. The summed E-state index contributed by atoms with van der Waals surface area (Å²) < 4.78 is 60.0. The minimum Gasteiger partial charge on any atom is -0.492 e. The molecule has 5 nitrogen and oxygen atoms in total. The number of ether oxygens (including phenoxy) is 4. The average Bonchev–Trinajstić information content (AvgIpc) is 2.90. The van der Waals surface area contributed by atoms with Crippen molar-refractivity contribution in [1.82, 2.24) is 0 Å². The summed E-state index contributed by atoms with van der Waals surface area (Å²) >= 11 is 1.64. The molecule has 0 atom stereocenters. The number of thioether (sulfide) groups is 1. The molecule has 36 heavy (non-hydrogen) atoms. The average molecular weight is 519 g/mol. The number of methoxy groups -OCH3 is 1. The van der Waals surface area contributed by atoms with Crippen molar-refractivity contribution in [3.63, 3.8) is 0 Å². The van der Waals surface area contributed by atoms with Crippen molar-refractivity contribution in [3.05, 3.63) is 82.9 Å². The van der Waals surface area contributed by atoms with Gasteiger partial charge in [-0.15, -0.1) is 11.8 Å². The Bertz CT molecular complexity index is 1180. The van der Waals surface area contributed by atoms with E-state index in [1.165, 1.54) is 19.2 Å². The minimum absolute atomic E-state index is 0.150. The molecule has 0 bridgehead atoms. The first-order chi connectivity index (χ1) is 17.3. The highest BCUT2D eigenvalue weighted by molar-refractivity contribution is 7.98. The number of alkyl halides is 3. The van der Waals surface area contributed by atoms with E-state index in [1.807, 2.05) is 36.4 Å². The molecule has 0 unspecified atom stereocenters. The molecule has 0 saturated heterocycles. The molecule has 0 aliphatic carbocycles. The quantitative estimate of drug-likeness (QED) is 0.240. The number of hydrogen-bond donors (Lipinski definition) is 0. The summed E-state index contributed by atoms with van der Waals surface area (Å²) in [5.74, 6) is 2.33. The van der Waals surface area contributed by atoms with E-state index < -0.39 is 17.7 Å². The molecule has 0 spiro atoms. The van der Waals surface area contributed by atoms with Crippen LogP contribution in [-0.4, -0.2) is 26.3 Å². The van der Waals surface area contributed by atoms with Crippen LogP contribution in [0, 0.1) is 0 Å². The van der Waals surface area contributed by atoms with E-state index in [1.54, 1.807) is 11.8 Å². The van der Waals surface area contributed by atoms with Crippen LogP contribution in [0.2, 0.25) is 0 Å². The smallest absolute Gasteiger partial charge is 0.416 e. The number of carbonyl (C=O) groups is 1. The van der Waals surface area contributed by atoms with Crippen LogP contribution in [0.3, 0.4) is 0 Å². The van der Waals surface area contributed by atoms with Gasteiger partial charge in [0.25, 0.3) is 0 Å². The van der Waals surface area contributed by atoms with Crippen LogP contribution in [0.5, 0.6) is 17.2 Å². The fraction of sp³-hybridized carbons (Fsp3) is 0.296. The molecular formula is C27H25F3O5S. The summed E-state index contributed by atoms with van der Waals surface area (Å²) in [6.45, 7) is 0.662. The Hall–Kier alpha value is -3.33. The normalized spacial score (nSPS) is 12.9. The van der Waals surface area contributed by atoms with Gasteiger partial charge in [-0.05, 0) is 60.4 Å². The molecule has 0 fully saturated rings. The largest absolute Gasteiger partial charge is 0.492 e. The van der Waals surface area contributed by atoms with E-state index in [4.69, 9.17) is 14.2 Å². The van der Waals surface area contributed by atoms with Crippen molar-refractivity contribution in [3.8, 4) is 17.2 Å². The first kappa shape index (κ1) is 25.8. The molecule has 9 heteroatoms. The molecule has 1 aliphatic heterocycles. The van der Waals surface area contributed by atoms with E-state index in [-0.39, 0.29) is 13.2 Å².